The van der Waals surface area contributed by atoms with Crippen molar-refractivity contribution in [1.82, 2.24) is 0 Å². The highest BCUT2D eigenvalue weighted by Crippen LogP contribution is 2.21. The second-order valence-electron chi connectivity index (χ2n) is 5.73. The van der Waals surface area contributed by atoms with Crippen molar-refractivity contribution in [2.45, 2.75) is 6.54 Å². The molecule has 4 aromatic rings. The Kier molecular flexibility index (Phi) is 4.72. The summed E-state index contributed by atoms with van der Waals surface area (Å²) < 4.78 is 1.95. The van der Waals surface area contributed by atoms with Crippen LogP contribution in [0.4, 0.5) is 0 Å². The van der Waals surface area contributed by atoms with Gasteiger partial charge in [0.2, 0.25) is 12.3 Å². The predicted octanol–water partition coefficient (Wildman–Crippen LogP) is 1.17. The predicted molar refractivity (Wildman–Crippen MR) is 92.4 cm³/mol. The molecular formula is C21H16BrNO. The molecule has 24 heavy (non-hydrogen) atoms. The van der Waals surface area contributed by atoms with E-state index in [2.05, 4.69) is 36.4 Å². The third kappa shape index (κ3) is 3.22. The SMILES string of the molecule is O=C(C[n+]1ccc2cc3ccccc3cc2c1)c1ccccc1.[Br-]. The van der Waals surface area contributed by atoms with Crippen molar-refractivity contribution in [2.24, 2.45) is 0 Å². The zero-order chi connectivity index (χ0) is 15.6. The Morgan fingerprint density at radius 3 is 2.04 bits per heavy atom. The van der Waals surface area contributed by atoms with Crippen molar-refractivity contribution >= 4 is 27.3 Å². The van der Waals surface area contributed by atoms with E-state index in [0.29, 0.717) is 6.54 Å². The lowest BCUT2D eigenvalue weighted by molar-refractivity contribution is -0.681. The van der Waals surface area contributed by atoms with Crippen LogP contribution in [0.3, 0.4) is 0 Å². The van der Waals surface area contributed by atoms with Gasteiger partial charge in [0.15, 0.2) is 12.4 Å². The Morgan fingerprint density at radius 1 is 0.750 bits per heavy atom. The van der Waals surface area contributed by atoms with Gasteiger partial charge in [0.25, 0.3) is 0 Å². The molecule has 1 heterocycles. The molecule has 0 amide bonds. The van der Waals surface area contributed by atoms with Gasteiger partial charge >= 0.3 is 0 Å². The Hall–Kier alpha value is -2.52. The molecule has 0 aliphatic carbocycles. The minimum absolute atomic E-state index is 0. The van der Waals surface area contributed by atoms with Crippen LogP contribution in [0, 0.1) is 0 Å². The average Bonchev–Trinajstić information content (AvgIpc) is 2.60. The van der Waals surface area contributed by atoms with Gasteiger partial charge in [0, 0.05) is 17.0 Å². The van der Waals surface area contributed by atoms with Gasteiger partial charge in [-0.05, 0) is 28.3 Å². The summed E-state index contributed by atoms with van der Waals surface area (Å²) in [5.41, 5.74) is 0.749. The molecule has 0 saturated heterocycles. The molecule has 0 aliphatic heterocycles. The van der Waals surface area contributed by atoms with Gasteiger partial charge in [0.05, 0.1) is 0 Å². The molecular weight excluding hydrogens is 362 g/mol. The molecule has 0 fully saturated rings. The van der Waals surface area contributed by atoms with Gasteiger partial charge in [-0.3, -0.25) is 4.79 Å². The maximum Gasteiger partial charge on any atom is 0.227 e. The molecule has 0 unspecified atom stereocenters. The number of benzene rings is 3. The van der Waals surface area contributed by atoms with Gasteiger partial charge in [-0.1, -0.05) is 54.6 Å². The van der Waals surface area contributed by atoms with Crippen molar-refractivity contribution in [3.8, 4) is 0 Å². The zero-order valence-electron chi connectivity index (χ0n) is 13.0. The van der Waals surface area contributed by atoms with Gasteiger partial charge in [0.1, 0.15) is 0 Å². The lowest BCUT2D eigenvalue weighted by Gasteiger charge is -2.02. The Bertz CT molecular complexity index is 1010. The van der Waals surface area contributed by atoms with Gasteiger partial charge < -0.3 is 17.0 Å². The van der Waals surface area contributed by atoms with Crippen molar-refractivity contribution < 1.29 is 26.3 Å². The smallest absolute Gasteiger partial charge is 0.227 e. The molecule has 0 spiro atoms. The first-order valence-electron chi connectivity index (χ1n) is 7.69. The van der Waals surface area contributed by atoms with E-state index in [-0.39, 0.29) is 22.8 Å². The third-order valence-electron chi connectivity index (χ3n) is 4.12. The first kappa shape index (κ1) is 16.3. The number of aromatic nitrogens is 1. The van der Waals surface area contributed by atoms with Crippen LogP contribution in [-0.4, -0.2) is 5.78 Å². The number of Topliss-reactive ketones (excluding diaryl/α,β-unsaturated/α-hetero) is 1. The quantitative estimate of drug-likeness (QED) is 0.298. The number of carbonyl (C=O) groups excluding carboxylic acids is 1. The number of carbonyl (C=O) groups is 1. The van der Waals surface area contributed by atoms with Crippen LogP contribution in [0.5, 0.6) is 0 Å². The van der Waals surface area contributed by atoms with Crippen molar-refractivity contribution in [1.29, 1.82) is 0 Å². The second kappa shape index (κ2) is 6.93. The fourth-order valence-electron chi connectivity index (χ4n) is 2.91. The molecule has 0 bridgehead atoms. The summed E-state index contributed by atoms with van der Waals surface area (Å²) in [5, 5.41) is 4.78. The summed E-state index contributed by atoms with van der Waals surface area (Å²) >= 11 is 0. The average molecular weight is 378 g/mol. The summed E-state index contributed by atoms with van der Waals surface area (Å²) in [7, 11) is 0. The molecule has 2 nitrogen and oxygen atoms in total. The summed E-state index contributed by atoms with van der Waals surface area (Å²) in [6.07, 6.45) is 4.01. The lowest BCUT2D eigenvalue weighted by Crippen LogP contribution is -3.00. The fourth-order valence-corrected chi connectivity index (χ4v) is 2.91. The van der Waals surface area contributed by atoms with Crippen LogP contribution < -0.4 is 21.5 Å². The van der Waals surface area contributed by atoms with E-state index in [9.17, 15) is 4.79 Å². The number of hydrogen-bond acceptors (Lipinski definition) is 1. The lowest BCUT2D eigenvalue weighted by atomic mass is 10.1. The molecule has 0 aliphatic rings. The largest absolute Gasteiger partial charge is 1.00 e. The molecule has 3 heteroatoms. The van der Waals surface area contributed by atoms with Crippen LogP contribution in [-0.2, 0) is 6.54 Å². The maximum absolute atomic E-state index is 12.3. The summed E-state index contributed by atoms with van der Waals surface area (Å²) in [4.78, 5) is 12.3. The van der Waals surface area contributed by atoms with E-state index in [1.807, 2.05) is 53.4 Å². The molecule has 0 saturated carbocycles. The number of hydrogen-bond donors (Lipinski definition) is 0. The molecule has 0 radical (unpaired) electrons. The molecule has 1 aromatic heterocycles. The minimum Gasteiger partial charge on any atom is -1.00 e. The maximum atomic E-state index is 12.3. The third-order valence-corrected chi connectivity index (χ3v) is 4.12. The van der Waals surface area contributed by atoms with Crippen LogP contribution >= 0.6 is 0 Å². The van der Waals surface area contributed by atoms with Gasteiger partial charge in [-0.15, -0.1) is 0 Å². The second-order valence-corrected chi connectivity index (χ2v) is 5.73. The number of fused-ring (bicyclic) bond motifs is 2. The molecule has 118 valence electrons. The van der Waals surface area contributed by atoms with E-state index in [4.69, 9.17) is 0 Å². The van der Waals surface area contributed by atoms with E-state index < -0.39 is 0 Å². The van der Waals surface area contributed by atoms with Crippen molar-refractivity contribution in [2.75, 3.05) is 0 Å². The normalized spacial score (nSPS) is 10.5. The van der Waals surface area contributed by atoms with Crippen molar-refractivity contribution in [3.63, 3.8) is 0 Å². The number of pyridine rings is 1. The Morgan fingerprint density at radius 2 is 1.33 bits per heavy atom. The van der Waals surface area contributed by atoms with Crippen LogP contribution in [0.2, 0.25) is 0 Å². The monoisotopic (exact) mass is 377 g/mol. The summed E-state index contributed by atoms with van der Waals surface area (Å²) in [6.45, 7) is 0.354. The van der Waals surface area contributed by atoms with E-state index >= 15 is 0 Å². The number of nitrogens with zero attached hydrogens (tertiary/aromatic N) is 1. The van der Waals surface area contributed by atoms with E-state index in [0.717, 1.165) is 10.9 Å². The Balaban J connectivity index is 0.00000169. The molecule has 0 atom stereocenters. The van der Waals surface area contributed by atoms with Crippen LogP contribution in [0.15, 0.2) is 85.2 Å². The van der Waals surface area contributed by atoms with E-state index in [1.54, 1.807) is 0 Å². The van der Waals surface area contributed by atoms with Gasteiger partial charge in [-0.25, -0.2) is 0 Å². The number of ketones is 1. The van der Waals surface area contributed by atoms with Crippen molar-refractivity contribution in [3.05, 3.63) is 90.8 Å². The topological polar surface area (TPSA) is 20.9 Å². The first-order valence-corrected chi connectivity index (χ1v) is 7.69. The highest BCUT2D eigenvalue weighted by molar-refractivity contribution is 5.97. The van der Waals surface area contributed by atoms with E-state index in [1.165, 1.54) is 16.2 Å². The molecule has 0 N–H and O–H groups in total. The molecule has 3 aromatic carbocycles. The fraction of sp³-hybridized carbons (Fsp3) is 0.0476. The Labute approximate surface area is 151 Å². The number of halogens is 1. The van der Waals surface area contributed by atoms with Crippen LogP contribution in [0.1, 0.15) is 10.4 Å². The highest BCUT2D eigenvalue weighted by Gasteiger charge is 2.12. The highest BCUT2D eigenvalue weighted by atomic mass is 79.9. The summed E-state index contributed by atoms with van der Waals surface area (Å²) in [5.74, 6) is 0.121. The number of rotatable bonds is 3. The van der Waals surface area contributed by atoms with Gasteiger partial charge in [-0.2, -0.15) is 4.57 Å². The summed E-state index contributed by atoms with van der Waals surface area (Å²) in [6, 6.07) is 24.2. The molecule has 4 rings (SSSR count). The zero-order valence-corrected chi connectivity index (χ0v) is 14.6. The van der Waals surface area contributed by atoms with Crippen LogP contribution in [0.25, 0.3) is 21.5 Å². The first-order chi connectivity index (χ1) is 11.3. The standard InChI is InChI=1S/C21H16NO.BrH/c23-21(16-6-2-1-3-7-16)15-22-11-10-19-12-17-8-4-5-9-18(17)13-20(19)14-22;/h1-14H,15H2;1H/q+1;/p-1. The minimum atomic E-state index is 0.